The first-order valence-electron chi connectivity index (χ1n) is 9.03. The monoisotopic (exact) mass is 311 g/mol. The molecule has 0 saturated carbocycles. The Balaban J connectivity index is 3.45. The average molecular weight is 312 g/mol. The molecule has 0 amide bonds. The lowest BCUT2D eigenvalue weighted by Crippen LogP contribution is -2.44. The molecular formula is C19H37NO2. The van der Waals surface area contributed by atoms with E-state index in [9.17, 15) is 4.79 Å². The first kappa shape index (κ1) is 21.2. The van der Waals surface area contributed by atoms with Gasteiger partial charge < -0.3 is 4.74 Å². The Kier molecular flexibility index (Phi) is 12.2. The average Bonchev–Trinajstić information content (AvgIpc) is 2.44. The number of hydrogen-bond acceptors (Lipinski definition) is 3. The molecule has 0 atom stereocenters. The van der Waals surface area contributed by atoms with Gasteiger partial charge in [0, 0.05) is 5.57 Å². The maximum Gasteiger partial charge on any atom is 0.334 e. The molecule has 0 bridgehead atoms. The summed E-state index contributed by atoms with van der Waals surface area (Å²) in [7, 11) is 0. The van der Waals surface area contributed by atoms with Crippen molar-refractivity contribution in [3.8, 4) is 0 Å². The van der Waals surface area contributed by atoms with E-state index in [0.717, 1.165) is 13.0 Å². The lowest BCUT2D eigenvalue weighted by atomic mass is 10.1. The van der Waals surface area contributed by atoms with Crippen LogP contribution in [-0.4, -0.2) is 18.2 Å². The van der Waals surface area contributed by atoms with Gasteiger partial charge in [0.1, 0.15) is 0 Å². The van der Waals surface area contributed by atoms with Crippen molar-refractivity contribution in [2.45, 2.75) is 97.6 Å². The second-order valence-corrected chi connectivity index (χ2v) is 6.79. The van der Waals surface area contributed by atoms with Gasteiger partial charge in [0.2, 0.25) is 0 Å². The number of hydrogen-bond donors (Lipinski definition) is 1. The van der Waals surface area contributed by atoms with Crippen molar-refractivity contribution in [1.82, 2.24) is 5.32 Å². The van der Waals surface area contributed by atoms with Crippen molar-refractivity contribution in [3.63, 3.8) is 0 Å². The summed E-state index contributed by atoms with van der Waals surface area (Å²) in [6.07, 6.45) is 13.3. The van der Waals surface area contributed by atoms with Crippen molar-refractivity contribution in [2.24, 2.45) is 0 Å². The van der Waals surface area contributed by atoms with E-state index in [1.165, 1.54) is 57.8 Å². The van der Waals surface area contributed by atoms with Gasteiger partial charge in [-0.15, -0.1) is 0 Å². The minimum atomic E-state index is -0.616. The summed E-state index contributed by atoms with van der Waals surface area (Å²) < 4.78 is 5.34. The molecule has 0 radical (unpaired) electrons. The maximum absolute atomic E-state index is 11.5. The maximum atomic E-state index is 11.5. The number of carbonyl (C=O) groups is 1. The van der Waals surface area contributed by atoms with E-state index in [4.69, 9.17) is 4.74 Å². The Hall–Kier alpha value is -0.830. The zero-order valence-electron chi connectivity index (χ0n) is 15.3. The molecule has 0 aromatic heterocycles. The molecule has 0 fully saturated rings. The van der Waals surface area contributed by atoms with E-state index in [1.54, 1.807) is 6.92 Å². The summed E-state index contributed by atoms with van der Waals surface area (Å²) in [4.78, 5) is 11.5. The second kappa shape index (κ2) is 12.7. The first-order valence-corrected chi connectivity index (χ1v) is 9.03. The predicted molar refractivity (Wildman–Crippen MR) is 94.8 cm³/mol. The van der Waals surface area contributed by atoms with Gasteiger partial charge in [0.15, 0.2) is 5.72 Å². The third-order valence-corrected chi connectivity index (χ3v) is 3.78. The van der Waals surface area contributed by atoms with E-state index in [2.05, 4.69) is 18.8 Å². The van der Waals surface area contributed by atoms with E-state index >= 15 is 0 Å². The number of unbranched alkanes of at least 4 members (excludes halogenated alkanes) is 9. The molecule has 0 aromatic rings. The van der Waals surface area contributed by atoms with Gasteiger partial charge >= 0.3 is 5.97 Å². The number of esters is 1. The number of ether oxygens (including phenoxy) is 1. The number of rotatable bonds is 14. The first-order chi connectivity index (χ1) is 10.4. The molecule has 0 aliphatic carbocycles. The fourth-order valence-electron chi connectivity index (χ4n) is 2.36. The van der Waals surface area contributed by atoms with Crippen molar-refractivity contribution < 1.29 is 9.53 Å². The lowest BCUT2D eigenvalue weighted by Gasteiger charge is -2.26. The van der Waals surface area contributed by atoms with Crippen LogP contribution < -0.4 is 5.32 Å². The minimum Gasteiger partial charge on any atom is -0.441 e. The fourth-order valence-corrected chi connectivity index (χ4v) is 2.36. The molecule has 130 valence electrons. The van der Waals surface area contributed by atoms with E-state index < -0.39 is 5.72 Å². The van der Waals surface area contributed by atoms with Gasteiger partial charge in [-0.3, -0.25) is 5.32 Å². The Morgan fingerprint density at radius 3 is 1.86 bits per heavy atom. The number of nitrogens with one attached hydrogen (secondary N) is 1. The smallest absolute Gasteiger partial charge is 0.334 e. The summed E-state index contributed by atoms with van der Waals surface area (Å²) in [5.74, 6) is -0.333. The molecule has 0 aliphatic rings. The highest BCUT2D eigenvalue weighted by Crippen LogP contribution is 2.11. The third kappa shape index (κ3) is 12.9. The van der Waals surface area contributed by atoms with Crippen LogP contribution in [0.1, 0.15) is 91.9 Å². The molecule has 3 heteroatoms. The van der Waals surface area contributed by atoms with Crippen molar-refractivity contribution in [2.75, 3.05) is 6.54 Å². The largest absolute Gasteiger partial charge is 0.441 e. The lowest BCUT2D eigenvalue weighted by molar-refractivity contribution is -0.154. The van der Waals surface area contributed by atoms with Crippen LogP contribution in [0.3, 0.4) is 0 Å². The molecule has 0 saturated heterocycles. The highest BCUT2D eigenvalue weighted by Gasteiger charge is 2.21. The van der Waals surface area contributed by atoms with Gasteiger partial charge in [0.25, 0.3) is 0 Å². The molecule has 0 rings (SSSR count). The summed E-state index contributed by atoms with van der Waals surface area (Å²) in [5, 5.41) is 3.29. The molecule has 22 heavy (non-hydrogen) atoms. The Labute approximate surface area is 137 Å². The zero-order valence-corrected chi connectivity index (χ0v) is 15.3. The second-order valence-electron chi connectivity index (χ2n) is 6.79. The normalized spacial score (nSPS) is 11.5. The molecule has 1 N–H and O–H groups in total. The Bertz CT molecular complexity index is 311. The SMILES string of the molecule is C=C(C)C(=O)OC(C)(C)NCCCCCCCCCCCC. The zero-order chi connectivity index (χ0) is 16.8. The van der Waals surface area contributed by atoms with Gasteiger partial charge in [0.05, 0.1) is 0 Å². The summed E-state index contributed by atoms with van der Waals surface area (Å²) in [5.41, 5.74) is -0.177. The highest BCUT2D eigenvalue weighted by atomic mass is 16.6. The van der Waals surface area contributed by atoms with Crippen LogP contribution in [0, 0.1) is 0 Å². The number of carbonyl (C=O) groups excluding carboxylic acids is 1. The molecule has 3 nitrogen and oxygen atoms in total. The summed E-state index contributed by atoms with van der Waals surface area (Å²) in [6.45, 7) is 12.2. The van der Waals surface area contributed by atoms with E-state index in [0.29, 0.717) is 5.57 Å². The fraction of sp³-hybridized carbons (Fsp3) is 0.842. The molecule has 0 spiro atoms. The molecule has 0 aromatic carbocycles. The van der Waals surface area contributed by atoms with Gasteiger partial charge in [-0.2, -0.15) is 0 Å². The predicted octanol–water partition coefficient (Wildman–Crippen LogP) is 5.35. The summed E-state index contributed by atoms with van der Waals surface area (Å²) >= 11 is 0. The van der Waals surface area contributed by atoms with Crippen molar-refractivity contribution >= 4 is 5.97 Å². The standard InChI is InChI=1S/C19H37NO2/c1-6-7-8-9-10-11-12-13-14-15-16-20-19(4,5)22-18(21)17(2)3/h20H,2,6-16H2,1,3-5H3. The van der Waals surface area contributed by atoms with E-state index in [-0.39, 0.29) is 5.97 Å². The van der Waals surface area contributed by atoms with Crippen molar-refractivity contribution in [1.29, 1.82) is 0 Å². The quantitative estimate of drug-likeness (QED) is 0.203. The van der Waals surface area contributed by atoms with E-state index in [1.807, 2.05) is 13.8 Å². The molecule has 0 aliphatic heterocycles. The van der Waals surface area contributed by atoms with Crippen LogP contribution in [0.2, 0.25) is 0 Å². The van der Waals surface area contributed by atoms with Crippen LogP contribution in [0.4, 0.5) is 0 Å². The van der Waals surface area contributed by atoms with Crippen molar-refractivity contribution in [3.05, 3.63) is 12.2 Å². The highest BCUT2D eigenvalue weighted by molar-refractivity contribution is 5.87. The Morgan fingerprint density at radius 1 is 0.955 bits per heavy atom. The van der Waals surface area contributed by atoms with Crippen LogP contribution >= 0.6 is 0 Å². The third-order valence-electron chi connectivity index (χ3n) is 3.78. The minimum absolute atomic E-state index is 0.333. The Morgan fingerprint density at radius 2 is 1.41 bits per heavy atom. The van der Waals surface area contributed by atoms with Gasteiger partial charge in [-0.25, -0.2) is 4.79 Å². The van der Waals surface area contributed by atoms with Crippen LogP contribution in [0.5, 0.6) is 0 Å². The topological polar surface area (TPSA) is 38.3 Å². The van der Waals surface area contributed by atoms with Crippen LogP contribution in [0.15, 0.2) is 12.2 Å². The molecule has 0 unspecified atom stereocenters. The molecular weight excluding hydrogens is 274 g/mol. The van der Waals surface area contributed by atoms with Gasteiger partial charge in [-0.1, -0.05) is 71.3 Å². The van der Waals surface area contributed by atoms with Crippen LogP contribution in [0.25, 0.3) is 0 Å². The molecule has 0 heterocycles. The van der Waals surface area contributed by atoms with Crippen LogP contribution in [-0.2, 0) is 9.53 Å². The van der Waals surface area contributed by atoms with Gasteiger partial charge in [-0.05, 0) is 33.7 Å². The summed E-state index contributed by atoms with van der Waals surface area (Å²) in [6, 6.07) is 0.